The van der Waals surface area contributed by atoms with Crippen LogP contribution in [0.2, 0.25) is 0 Å². The van der Waals surface area contributed by atoms with Crippen LogP contribution in [0.25, 0.3) is 0 Å². The molecule has 29 heavy (non-hydrogen) atoms. The van der Waals surface area contributed by atoms with Crippen molar-refractivity contribution < 1.29 is 22.1 Å². The van der Waals surface area contributed by atoms with Gasteiger partial charge in [-0.15, -0.1) is 0 Å². The van der Waals surface area contributed by atoms with Gasteiger partial charge in [0.05, 0.1) is 26.8 Å². The van der Waals surface area contributed by atoms with Gasteiger partial charge < -0.3 is 4.74 Å². The van der Waals surface area contributed by atoms with Gasteiger partial charge in [-0.3, -0.25) is 0 Å². The van der Waals surface area contributed by atoms with E-state index < -0.39 is 22.5 Å². The van der Waals surface area contributed by atoms with Gasteiger partial charge in [-0.2, -0.15) is 13.2 Å². The number of hydrogen-bond donors (Lipinski definition) is 0. The summed E-state index contributed by atoms with van der Waals surface area (Å²) in [4.78, 5) is 5.35. The molecule has 7 heteroatoms. The highest BCUT2D eigenvalue weighted by molar-refractivity contribution is 7.85. The molecule has 1 aliphatic heterocycles. The van der Waals surface area contributed by atoms with Crippen LogP contribution in [0, 0.1) is 0 Å². The van der Waals surface area contributed by atoms with Crippen LogP contribution in [0.15, 0.2) is 93.6 Å². The van der Waals surface area contributed by atoms with Crippen molar-refractivity contribution in [2.75, 3.05) is 6.61 Å². The van der Waals surface area contributed by atoms with Crippen LogP contribution in [0.3, 0.4) is 0 Å². The van der Waals surface area contributed by atoms with Gasteiger partial charge in [0, 0.05) is 4.90 Å². The van der Waals surface area contributed by atoms with Crippen LogP contribution in [-0.2, 0) is 21.7 Å². The quantitative estimate of drug-likeness (QED) is 0.573. The SMILES string of the molecule is O=S(c1ccc(C(F)(F)F)cc1)c1ccccc1C1=N[C@@H](c2ccccc2)CO1. The summed E-state index contributed by atoms with van der Waals surface area (Å²) < 4.78 is 57.2. The summed E-state index contributed by atoms with van der Waals surface area (Å²) in [6.07, 6.45) is -4.43. The molecule has 0 N–H and O–H groups in total. The Hall–Kier alpha value is -2.93. The van der Waals surface area contributed by atoms with E-state index in [1.807, 2.05) is 30.3 Å². The van der Waals surface area contributed by atoms with Gasteiger partial charge >= 0.3 is 6.18 Å². The highest BCUT2D eigenvalue weighted by Gasteiger charge is 2.30. The van der Waals surface area contributed by atoms with Gasteiger partial charge in [0.2, 0.25) is 5.90 Å². The van der Waals surface area contributed by atoms with E-state index >= 15 is 0 Å². The number of aliphatic imine (C=N–C) groups is 1. The Kier molecular flexibility index (Phi) is 5.24. The summed E-state index contributed by atoms with van der Waals surface area (Å²) in [5, 5.41) is 0. The number of rotatable bonds is 4. The van der Waals surface area contributed by atoms with E-state index in [1.54, 1.807) is 24.3 Å². The fourth-order valence-corrected chi connectivity index (χ4v) is 4.26. The number of benzene rings is 3. The molecule has 0 bridgehead atoms. The lowest BCUT2D eigenvalue weighted by Gasteiger charge is -2.10. The standard InChI is InChI=1S/C22H16F3NO2S/c23-22(24,25)16-10-12-17(13-11-16)29(27)20-9-5-4-8-18(20)21-26-19(14-28-21)15-6-2-1-3-7-15/h1-13,19H,14H2/t19-,29?/m1/s1. The molecule has 0 radical (unpaired) electrons. The lowest BCUT2D eigenvalue weighted by molar-refractivity contribution is -0.137. The van der Waals surface area contributed by atoms with Crippen molar-refractivity contribution in [2.24, 2.45) is 4.99 Å². The topological polar surface area (TPSA) is 38.7 Å². The van der Waals surface area contributed by atoms with Crippen molar-refractivity contribution in [3.8, 4) is 0 Å². The molecule has 0 aromatic heterocycles. The summed E-state index contributed by atoms with van der Waals surface area (Å²) in [5.74, 6) is 0.384. The zero-order valence-corrected chi connectivity index (χ0v) is 15.9. The van der Waals surface area contributed by atoms with Crippen molar-refractivity contribution in [2.45, 2.75) is 22.0 Å². The molecule has 3 nitrogen and oxygen atoms in total. The highest BCUT2D eigenvalue weighted by Crippen LogP contribution is 2.31. The third kappa shape index (κ3) is 4.10. The van der Waals surface area contributed by atoms with Crippen molar-refractivity contribution in [3.63, 3.8) is 0 Å². The number of halogens is 3. The zero-order chi connectivity index (χ0) is 20.4. The van der Waals surface area contributed by atoms with Crippen molar-refractivity contribution >= 4 is 16.7 Å². The molecule has 1 unspecified atom stereocenters. The molecule has 1 aliphatic rings. The van der Waals surface area contributed by atoms with E-state index in [0.717, 1.165) is 17.7 Å². The summed E-state index contributed by atoms with van der Waals surface area (Å²) in [6, 6.07) is 20.8. The Labute approximate surface area is 168 Å². The summed E-state index contributed by atoms with van der Waals surface area (Å²) in [7, 11) is -1.67. The van der Waals surface area contributed by atoms with E-state index in [4.69, 9.17) is 4.74 Å². The molecule has 3 aromatic carbocycles. The minimum absolute atomic E-state index is 0.154. The lowest BCUT2D eigenvalue weighted by atomic mass is 10.1. The minimum Gasteiger partial charge on any atom is -0.475 e. The normalized spacial score (nSPS) is 17.5. The summed E-state index contributed by atoms with van der Waals surface area (Å²) >= 11 is 0. The first-order valence-electron chi connectivity index (χ1n) is 8.87. The minimum atomic E-state index is -4.43. The Bertz CT molecular complexity index is 1060. The second-order valence-electron chi connectivity index (χ2n) is 6.46. The predicted molar refractivity (Wildman–Crippen MR) is 104 cm³/mol. The lowest BCUT2D eigenvalue weighted by Crippen LogP contribution is -2.08. The molecule has 0 spiro atoms. The zero-order valence-electron chi connectivity index (χ0n) is 15.1. The molecule has 0 amide bonds. The van der Waals surface area contributed by atoms with Crippen LogP contribution in [0.1, 0.15) is 22.7 Å². The number of nitrogens with zero attached hydrogens (tertiary/aromatic N) is 1. The third-order valence-corrected chi connectivity index (χ3v) is 6.00. The van der Waals surface area contributed by atoms with Crippen LogP contribution < -0.4 is 0 Å². The molecule has 0 saturated heterocycles. The average molecular weight is 415 g/mol. The Morgan fingerprint density at radius 2 is 1.55 bits per heavy atom. The number of alkyl halides is 3. The van der Waals surface area contributed by atoms with Gasteiger partial charge in [0.15, 0.2) is 0 Å². The van der Waals surface area contributed by atoms with Crippen molar-refractivity contribution in [3.05, 3.63) is 95.6 Å². The van der Waals surface area contributed by atoms with Crippen LogP contribution in [0.5, 0.6) is 0 Å². The molecule has 0 aliphatic carbocycles. The molecule has 0 fully saturated rings. The first-order chi connectivity index (χ1) is 13.9. The fourth-order valence-electron chi connectivity index (χ4n) is 3.07. The van der Waals surface area contributed by atoms with Crippen LogP contribution >= 0.6 is 0 Å². The smallest absolute Gasteiger partial charge is 0.416 e. The average Bonchev–Trinajstić information content (AvgIpc) is 3.23. The van der Waals surface area contributed by atoms with Gasteiger partial charge in [-0.1, -0.05) is 42.5 Å². The van der Waals surface area contributed by atoms with Gasteiger partial charge in [0.25, 0.3) is 0 Å². The molecule has 4 rings (SSSR count). The molecule has 3 aromatic rings. The molecule has 148 valence electrons. The van der Waals surface area contributed by atoms with E-state index in [9.17, 15) is 17.4 Å². The maximum atomic E-state index is 13.1. The predicted octanol–water partition coefficient (Wildman–Crippen LogP) is 5.39. The largest absolute Gasteiger partial charge is 0.475 e. The molecular formula is C22H16F3NO2S. The monoisotopic (exact) mass is 415 g/mol. The third-order valence-electron chi connectivity index (χ3n) is 4.55. The number of hydrogen-bond acceptors (Lipinski definition) is 3. The van der Waals surface area contributed by atoms with Crippen molar-refractivity contribution in [1.82, 2.24) is 0 Å². The Morgan fingerprint density at radius 1 is 0.897 bits per heavy atom. The van der Waals surface area contributed by atoms with Gasteiger partial charge in [-0.05, 0) is 42.0 Å². The molecule has 0 saturated carbocycles. The summed E-state index contributed by atoms with van der Waals surface area (Å²) in [5.41, 5.74) is 0.814. The highest BCUT2D eigenvalue weighted by atomic mass is 32.2. The second-order valence-corrected chi connectivity index (χ2v) is 7.91. The van der Waals surface area contributed by atoms with Crippen molar-refractivity contribution in [1.29, 1.82) is 0 Å². The van der Waals surface area contributed by atoms with E-state index in [-0.39, 0.29) is 10.9 Å². The first-order valence-corrected chi connectivity index (χ1v) is 10.0. The van der Waals surface area contributed by atoms with E-state index in [0.29, 0.717) is 23.0 Å². The molecule has 2 atom stereocenters. The van der Waals surface area contributed by atoms with Gasteiger partial charge in [0.1, 0.15) is 12.6 Å². The maximum Gasteiger partial charge on any atom is 0.416 e. The van der Waals surface area contributed by atoms with Gasteiger partial charge in [-0.25, -0.2) is 9.20 Å². The Balaban J connectivity index is 1.64. The number of ether oxygens (including phenoxy) is 1. The summed E-state index contributed by atoms with van der Waals surface area (Å²) in [6.45, 7) is 0.376. The Morgan fingerprint density at radius 3 is 2.24 bits per heavy atom. The second kappa shape index (κ2) is 7.83. The fraction of sp³-hybridized carbons (Fsp3) is 0.136. The maximum absolute atomic E-state index is 13.1. The molecular weight excluding hydrogens is 399 g/mol. The van der Waals surface area contributed by atoms with E-state index in [2.05, 4.69) is 4.99 Å². The molecule has 1 heterocycles. The first kappa shape index (κ1) is 19.4. The van der Waals surface area contributed by atoms with Crippen LogP contribution in [0.4, 0.5) is 13.2 Å². The van der Waals surface area contributed by atoms with E-state index in [1.165, 1.54) is 12.1 Å². The van der Waals surface area contributed by atoms with Crippen LogP contribution in [-0.4, -0.2) is 16.7 Å².